The van der Waals surface area contributed by atoms with Gasteiger partial charge in [-0.05, 0) is 66.1 Å². The van der Waals surface area contributed by atoms with Crippen LogP contribution in [0.2, 0.25) is 0 Å². The second kappa shape index (κ2) is 8.20. The molecular weight excluding hydrogens is 438 g/mol. The van der Waals surface area contributed by atoms with Crippen molar-refractivity contribution in [1.82, 2.24) is 15.2 Å². The van der Waals surface area contributed by atoms with Crippen LogP contribution >= 0.6 is 0 Å². The van der Waals surface area contributed by atoms with Crippen LogP contribution in [0, 0.1) is 10.8 Å². The molecule has 0 unspecified atom stereocenters. The summed E-state index contributed by atoms with van der Waals surface area (Å²) in [5.41, 5.74) is 6.25. The Morgan fingerprint density at radius 1 is 1.14 bits per heavy atom. The zero-order valence-corrected chi connectivity index (χ0v) is 20.0. The van der Waals surface area contributed by atoms with Crippen LogP contribution < -0.4 is 15.4 Å². The van der Waals surface area contributed by atoms with E-state index in [9.17, 15) is 4.79 Å². The van der Waals surface area contributed by atoms with Gasteiger partial charge >= 0.3 is 0 Å². The Hall–Kier alpha value is -3.71. The average Bonchev–Trinajstić information content (AvgIpc) is 3.12. The quantitative estimate of drug-likeness (QED) is 0.458. The molecule has 35 heavy (non-hydrogen) atoms. The topological polar surface area (TPSA) is 90.3 Å². The summed E-state index contributed by atoms with van der Waals surface area (Å²) >= 11 is 0. The highest BCUT2D eigenvalue weighted by molar-refractivity contribution is 6.00. The van der Waals surface area contributed by atoms with Gasteiger partial charge in [-0.3, -0.25) is 4.79 Å². The van der Waals surface area contributed by atoms with Gasteiger partial charge in [-0.2, -0.15) is 0 Å². The maximum Gasteiger partial charge on any atom is 0.254 e. The van der Waals surface area contributed by atoms with Crippen LogP contribution in [0.4, 0.5) is 5.69 Å². The van der Waals surface area contributed by atoms with Crippen molar-refractivity contribution in [2.24, 2.45) is 5.41 Å². The third-order valence-electron chi connectivity index (χ3n) is 7.61. The van der Waals surface area contributed by atoms with Gasteiger partial charge in [0.1, 0.15) is 17.2 Å². The fourth-order valence-corrected chi connectivity index (χ4v) is 5.61. The number of aromatic nitrogens is 1. The van der Waals surface area contributed by atoms with Gasteiger partial charge in [0.25, 0.3) is 5.91 Å². The lowest BCUT2D eigenvalue weighted by atomic mass is 9.61. The molecule has 2 aliphatic heterocycles. The molecule has 3 N–H and O–H groups in total. The van der Waals surface area contributed by atoms with Crippen LogP contribution in [0.15, 0.2) is 54.7 Å². The Balaban J connectivity index is 1.20. The summed E-state index contributed by atoms with van der Waals surface area (Å²) in [6.07, 6.45) is 3.88. The van der Waals surface area contributed by atoms with E-state index >= 15 is 0 Å². The molecule has 7 nitrogen and oxygen atoms in total. The molecular formula is C28H29N5O2. The number of fused-ring (bicyclic) bond motifs is 1. The van der Waals surface area contributed by atoms with E-state index in [2.05, 4.69) is 32.7 Å². The van der Waals surface area contributed by atoms with E-state index in [4.69, 9.17) is 10.1 Å². The second-order valence-corrected chi connectivity index (χ2v) is 10.0. The molecule has 2 fully saturated rings. The molecule has 178 valence electrons. The number of ether oxygens (including phenoxy) is 1. The van der Waals surface area contributed by atoms with E-state index in [0.717, 1.165) is 53.9 Å². The van der Waals surface area contributed by atoms with Crippen molar-refractivity contribution in [3.8, 4) is 22.6 Å². The molecule has 0 radical (unpaired) electrons. The van der Waals surface area contributed by atoms with Gasteiger partial charge in [-0.25, -0.2) is 4.98 Å². The first-order valence-electron chi connectivity index (χ1n) is 12.1. The maximum absolute atomic E-state index is 13.0. The molecule has 1 spiro atoms. The predicted octanol–water partition coefficient (Wildman–Crippen LogP) is 4.68. The first-order chi connectivity index (χ1) is 16.9. The lowest BCUT2D eigenvalue weighted by Crippen LogP contribution is -2.65. The van der Waals surface area contributed by atoms with Crippen molar-refractivity contribution in [2.45, 2.75) is 32.4 Å². The summed E-state index contributed by atoms with van der Waals surface area (Å²) in [5, 5.41) is 14.3. The highest BCUT2D eigenvalue weighted by atomic mass is 16.5. The zero-order chi connectivity index (χ0) is 24.2. The van der Waals surface area contributed by atoms with E-state index in [1.165, 1.54) is 0 Å². The van der Waals surface area contributed by atoms with Crippen LogP contribution in [0.3, 0.4) is 0 Å². The molecule has 3 aromatic rings. The van der Waals surface area contributed by atoms with Crippen LogP contribution in [-0.4, -0.2) is 47.7 Å². The zero-order valence-electron chi connectivity index (χ0n) is 20.0. The minimum Gasteiger partial charge on any atom is -0.456 e. The number of amides is 1. The van der Waals surface area contributed by atoms with Crippen molar-refractivity contribution in [1.29, 1.82) is 5.41 Å². The third kappa shape index (κ3) is 3.76. The van der Waals surface area contributed by atoms with E-state index in [0.29, 0.717) is 40.9 Å². The Morgan fingerprint density at radius 2 is 1.94 bits per heavy atom. The van der Waals surface area contributed by atoms with Crippen molar-refractivity contribution >= 4 is 17.3 Å². The smallest absolute Gasteiger partial charge is 0.254 e. The summed E-state index contributed by atoms with van der Waals surface area (Å²) < 4.78 is 6.09. The minimum absolute atomic E-state index is 0.173. The minimum atomic E-state index is 0.173. The monoisotopic (exact) mass is 467 g/mol. The number of nitrogens with zero attached hydrogens (tertiary/aromatic N) is 2. The van der Waals surface area contributed by atoms with Crippen molar-refractivity contribution in [2.75, 3.05) is 25.5 Å². The molecule has 0 bridgehead atoms. The van der Waals surface area contributed by atoms with Gasteiger partial charge in [0, 0.05) is 44.4 Å². The number of pyridine rings is 1. The summed E-state index contributed by atoms with van der Waals surface area (Å²) in [7, 11) is 1.81. The van der Waals surface area contributed by atoms with Gasteiger partial charge in [0.15, 0.2) is 0 Å². The van der Waals surface area contributed by atoms with E-state index in [-0.39, 0.29) is 5.91 Å². The molecule has 2 aromatic carbocycles. The molecule has 6 rings (SSSR count). The van der Waals surface area contributed by atoms with Gasteiger partial charge in [0.2, 0.25) is 0 Å². The van der Waals surface area contributed by atoms with Crippen LogP contribution in [0.1, 0.15) is 41.4 Å². The van der Waals surface area contributed by atoms with Crippen molar-refractivity contribution < 1.29 is 9.53 Å². The Morgan fingerprint density at radius 3 is 2.66 bits per heavy atom. The number of hydrogen-bond donors (Lipinski definition) is 3. The highest BCUT2D eigenvalue weighted by Crippen LogP contribution is 2.48. The summed E-state index contributed by atoms with van der Waals surface area (Å²) in [6, 6.07) is 16.3. The normalized spacial score (nSPS) is 18.1. The molecule has 7 heteroatoms. The SMILES string of the molecule is CNc1cc(Oc2cccc(-c3ccc4c(c3)CN(C3CC5(CNC5)C3)C4=O)c2)cnc1C(C)=N. The van der Waals surface area contributed by atoms with E-state index < -0.39 is 0 Å². The number of anilines is 1. The van der Waals surface area contributed by atoms with Crippen LogP contribution in [0.25, 0.3) is 11.1 Å². The number of hydrogen-bond acceptors (Lipinski definition) is 6. The van der Waals surface area contributed by atoms with Gasteiger partial charge in [0.05, 0.1) is 17.6 Å². The van der Waals surface area contributed by atoms with E-state index in [1.807, 2.05) is 36.4 Å². The fraction of sp³-hybridized carbons (Fsp3) is 0.321. The summed E-state index contributed by atoms with van der Waals surface area (Å²) in [4.78, 5) is 19.5. The molecule has 1 saturated heterocycles. The Labute approximate surface area is 205 Å². The Bertz CT molecular complexity index is 1340. The van der Waals surface area contributed by atoms with Gasteiger partial charge < -0.3 is 25.7 Å². The van der Waals surface area contributed by atoms with Crippen LogP contribution in [0.5, 0.6) is 11.5 Å². The molecule has 0 atom stereocenters. The largest absolute Gasteiger partial charge is 0.456 e. The third-order valence-corrected chi connectivity index (χ3v) is 7.61. The van der Waals surface area contributed by atoms with Crippen LogP contribution in [-0.2, 0) is 6.54 Å². The maximum atomic E-state index is 13.0. The van der Waals surface area contributed by atoms with Crippen molar-refractivity contribution in [3.63, 3.8) is 0 Å². The lowest BCUT2D eigenvalue weighted by Gasteiger charge is -2.56. The number of rotatable bonds is 6. The molecule has 1 aliphatic carbocycles. The molecule has 1 saturated carbocycles. The standard InChI is InChI=1S/C28H29N5O2/c1-17(29)26-25(30-2)10-23(13-32-26)35-22-5-3-4-18(9-22)19-6-7-24-20(8-19)14-33(27(24)34)21-11-28(12-21)15-31-16-28/h3-10,13,21,29-31H,11-12,14-16H2,1-2H3. The van der Waals surface area contributed by atoms with Crippen molar-refractivity contribution in [3.05, 3.63) is 71.5 Å². The Kier molecular flexibility index (Phi) is 5.11. The first kappa shape index (κ1) is 21.8. The lowest BCUT2D eigenvalue weighted by molar-refractivity contribution is -0.0268. The molecule has 1 amide bonds. The molecule has 3 aliphatic rings. The number of nitrogens with one attached hydrogen (secondary N) is 3. The van der Waals surface area contributed by atoms with Gasteiger partial charge in [-0.15, -0.1) is 0 Å². The summed E-state index contributed by atoms with van der Waals surface area (Å²) in [5.74, 6) is 1.48. The second-order valence-electron chi connectivity index (χ2n) is 10.0. The molecule has 1 aromatic heterocycles. The molecule has 3 heterocycles. The van der Waals surface area contributed by atoms with E-state index in [1.54, 1.807) is 20.2 Å². The fourth-order valence-electron chi connectivity index (χ4n) is 5.61. The average molecular weight is 468 g/mol. The summed E-state index contributed by atoms with van der Waals surface area (Å²) in [6.45, 7) is 4.61. The van der Waals surface area contributed by atoms with Gasteiger partial charge in [-0.1, -0.05) is 18.2 Å². The number of carbonyl (C=O) groups excluding carboxylic acids is 1. The number of benzene rings is 2. The first-order valence-corrected chi connectivity index (χ1v) is 12.1. The predicted molar refractivity (Wildman–Crippen MR) is 136 cm³/mol. The number of carbonyl (C=O) groups is 1. The highest BCUT2D eigenvalue weighted by Gasteiger charge is 2.52.